The van der Waals surface area contributed by atoms with E-state index in [4.69, 9.17) is 5.11 Å². The van der Waals surface area contributed by atoms with Gasteiger partial charge in [-0.05, 0) is 85.9 Å². The second-order valence-corrected chi connectivity index (χ2v) is 11.2. The molecular formula is C24H38O5. The Labute approximate surface area is 174 Å². The van der Waals surface area contributed by atoms with Crippen LogP contribution in [0.4, 0.5) is 0 Å². The van der Waals surface area contributed by atoms with Crippen molar-refractivity contribution in [3.8, 4) is 0 Å². The molecule has 5 nitrogen and oxygen atoms in total. The summed E-state index contributed by atoms with van der Waals surface area (Å²) in [5.41, 5.74) is -0.586. The summed E-state index contributed by atoms with van der Waals surface area (Å²) in [5, 5.41) is 30.7. The number of carboxylic acids is 1. The molecule has 164 valence electrons. The van der Waals surface area contributed by atoms with Crippen molar-refractivity contribution in [1.82, 2.24) is 0 Å². The number of ketones is 1. The van der Waals surface area contributed by atoms with E-state index in [-0.39, 0.29) is 41.8 Å². The van der Waals surface area contributed by atoms with E-state index in [0.717, 1.165) is 32.1 Å². The van der Waals surface area contributed by atoms with Crippen LogP contribution in [-0.4, -0.2) is 39.3 Å². The predicted octanol–water partition coefficient (Wildman–Crippen LogP) is 3.66. The number of aliphatic hydroxyl groups is 2. The van der Waals surface area contributed by atoms with Crippen molar-refractivity contribution in [2.24, 2.45) is 46.3 Å². The molecular weight excluding hydrogens is 368 g/mol. The van der Waals surface area contributed by atoms with Crippen LogP contribution in [-0.2, 0) is 9.59 Å². The summed E-state index contributed by atoms with van der Waals surface area (Å²) in [6.45, 7) is 6.53. The molecule has 0 unspecified atom stereocenters. The molecule has 4 saturated carbocycles. The lowest BCUT2D eigenvalue weighted by molar-refractivity contribution is -0.181. The summed E-state index contributed by atoms with van der Waals surface area (Å²) in [5.74, 6) is 1.40. The highest BCUT2D eigenvalue weighted by atomic mass is 16.4. The van der Waals surface area contributed by atoms with Gasteiger partial charge in [-0.2, -0.15) is 0 Å². The normalized spacial score (nSPS) is 50.4. The minimum atomic E-state index is -0.745. The van der Waals surface area contributed by atoms with Gasteiger partial charge in [0.25, 0.3) is 0 Å². The Bertz CT molecular complexity index is 676. The molecule has 0 bridgehead atoms. The van der Waals surface area contributed by atoms with E-state index in [9.17, 15) is 19.8 Å². The number of Topliss-reactive ketones (excluding diaryl/α,β-unsaturated/α-hetero) is 1. The van der Waals surface area contributed by atoms with Gasteiger partial charge in [0.1, 0.15) is 5.78 Å². The van der Waals surface area contributed by atoms with E-state index in [2.05, 4.69) is 20.8 Å². The van der Waals surface area contributed by atoms with Gasteiger partial charge >= 0.3 is 5.97 Å². The van der Waals surface area contributed by atoms with Crippen LogP contribution < -0.4 is 0 Å². The number of hydrogen-bond donors (Lipinski definition) is 3. The zero-order chi connectivity index (χ0) is 21.1. The van der Waals surface area contributed by atoms with Gasteiger partial charge in [-0.15, -0.1) is 0 Å². The summed E-state index contributed by atoms with van der Waals surface area (Å²) < 4.78 is 0. The highest BCUT2D eigenvalue weighted by molar-refractivity contribution is 5.86. The fourth-order valence-corrected chi connectivity index (χ4v) is 8.56. The maximum absolute atomic E-state index is 13.1. The number of rotatable bonds is 4. The summed E-state index contributed by atoms with van der Waals surface area (Å²) >= 11 is 0. The van der Waals surface area contributed by atoms with Gasteiger partial charge in [-0.1, -0.05) is 20.8 Å². The van der Waals surface area contributed by atoms with Crippen LogP contribution >= 0.6 is 0 Å². The molecule has 0 amide bonds. The smallest absolute Gasteiger partial charge is 0.303 e. The van der Waals surface area contributed by atoms with Gasteiger partial charge in [-0.25, -0.2) is 0 Å². The summed E-state index contributed by atoms with van der Waals surface area (Å²) in [4.78, 5) is 24.2. The SMILES string of the molecule is C[C@H](CCC(=O)O)[C@H]1CC[C@H]2[C@@H]3CC[C@@H]4C[C@H](O)CC(=O)[C@]4(C)[C@H]3C[C@H](O)[C@]12C. The second kappa shape index (κ2) is 7.33. The average molecular weight is 407 g/mol. The molecule has 0 saturated heterocycles. The topological polar surface area (TPSA) is 94.8 Å². The number of carboxylic acid groups (broad SMARTS) is 1. The van der Waals surface area contributed by atoms with Crippen LogP contribution in [0.5, 0.6) is 0 Å². The van der Waals surface area contributed by atoms with Crippen molar-refractivity contribution in [3.63, 3.8) is 0 Å². The Hall–Kier alpha value is -0.940. The molecule has 4 aliphatic rings. The minimum absolute atomic E-state index is 0.181. The number of hydrogen-bond acceptors (Lipinski definition) is 4. The lowest BCUT2D eigenvalue weighted by atomic mass is 9.43. The van der Waals surface area contributed by atoms with Gasteiger partial charge < -0.3 is 15.3 Å². The molecule has 0 radical (unpaired) electrons. The van der Waals surface area contributed by atoms with Crippen LogP contribution in [0.15, 0.2) is 0 Å². The molecule has 4 rings (SSSR count). The molecule has 29 heavy (non-hydrogen) atoms. The molecule has 0 spiro atoms. The zero-order valence-corrected chi connectivity index (χ0v) is 18.1. The summed E-state index contributed by atoms with van der Waals surface area (Å²) in [6, 6.07) is 0. The summed E-state index contributed by atoms with van der Waals surface area (Å²) in [6.07, 6.45) is 5.80. The van der Waals surface area contributed by atoms with Gasteiger partial charge in [0, 0.05) is 18.3 Å². The zero-order valence-electron chi connectivity index (χ0n) is 18.1. The highest BCUT2D eigenvalue weighted by Crippen LogP contribution is 2.67. The number of carbonyl (C=O) groups is 2. The third kappa shape index (κ3) is 3.10. The van der Waals surface area contributed by atoms with Crippen LogP contribution in [0.2, 0.25) is 0 Å². The maximum atomic E-state index is 13.1. The van der Waals surface area contributed by atoms with E-state index in [1.807, 2.05) is 0 Å². The van der Waals surface area contributed by atoms with Crippen LogP contribution in [0.3, 0.4) is 0 Å². The van der Waals surface area contributed by atoms with Crippen molar-refractivity contribution < 1.29 is 24.9 Å². The lowest BCUT2D eigenvalue weighted by Gasteiger charge is -2.61. The first-order valence-electron chi connectivity index (χ1n) is 11.7. The van der Waals surface area contributed by atoms with Crippen molar-refractivity contribution in [1.29, 1.82) is 0 Å². The molecule has 3 N–H and O–H groups in total. The molecule has 10 atom stereocenters. The standard InChI is InChI=1S/C24H38O5/c1-13(4-9-22(28)29)17-7-8-18-16-6-5-14-10-15(25)11-20(26)23(14,2)19(16)12-21(27)24(17,18)3/h13-19,21,25,27H,4-12H2,1-3H3,(H,28,29)/t13-,14-,15+,16+,17-,18+,19+,21+,23+,24-/m1/s1. The van der Waals surface area contributed by atoms with Gasteiger partial charge in [-0.3, -0.25) is 9.59 Å². The quantitative estimate of drug-likeness (QED) is 0.662. The summed E-state index contributed by atoms with van der Waals surface area (Å²) in [7, 11) is 0. The van der Waals surface area contributed by atoms with Crippen LogP contribution in [0, 0.1) is 46.3 Å². The van der Waals surface area contributed by atoms with E-state index in [1.165, 1.54) is 0 Å². The average Bonchev–Trinajstić information content (AvgIpc) is 3.01. The first kappa shape index (κ1) is 21.3. The van der Waals surface area contributed by atoms with Crippen LogP contribution in [0.1, 0.15) is 78.6 Å². The lowest BCUT2D eigenvalue weighted by Crippen LogP contribution is -2.61. The number of aliphatic carboxylic acids is 1. The largest absolute Gasteiger partial charge is 0.481 e. The molecule has 4 fully saturated rings. The highest BCUT2D eigenvalue weighted by Gasteiger charge is 2.65. The van der Waals surface area contributed by atoms with E-state index >= 15 is 0 Å². The van der Waals surface area contributed by atoms with Gasteiger partial charge in [0.15, 0.2) is 0 Å². The van der Waals surface area contributed by atoms with E-state index < -0.39 is 23.6 Å². The van der Waals surface area contributed by atoms with Crippen LogP contribution in [0.25, 0.3) is 0 Å². The van der Waals surface area contributed by atoms with Crippen molar-refractivity contribution in [2.45, 2.75) is 90.8 Å². The van der Waals surface area contributed by atoms with Crippen molar-refractivity contribution >= 4 is 11.8 Å². The molecule has 0 aromatic carbocycles. The minimum Gasteiger partial charge on any atom is -0.481 e. The van der Waals surface area contributed by atoms with Crippen molar-refractivity contribution in [3.05, 3.63) is 0 Å². The first-order valence-corrected chi connectivity index (χ1v) is 11.7. The van der Waals surface area contributed by atoms with Gasteiger partial charge in [0.2, 0.25) is 0 Å². The fourth-order valence-electron chi connectivity index (χ4n) is 8.56. The fraction of sp³-hybridized carbons (Fsp3) is 0.917. The van der Waals surface area contributed by atoms with E-state index in [1.54, 1.807) is 0 Å². The van der Waals surface area contributed by atoms with Crippen molar-refractivity contribution in [2.75, 3.05) is 0 Å². The third-order valence-electron chi connectivity index (χ3n) is 10.2. The molecule has 0 aliphatic heterocycles. The maximum Gasteiger partial charge on any atom is 0.303 e. The Balaban J connectivity index is 1.60. The monoisotopic (exact) mass is 406 g/mol. The number of fused-ring (bicyclic) bond motifs is 5. The van der Waals surface area contributed by atoms with Gasteiger partial charge in [0.05, 0.1) is 12.2 Å². The number of carbonyl (C=O) groups excluding carboxylic acids is 1. The Morgan fingerprint density at radius 2 is 1.83 bits per heavy atom. The molecule has 0 heterocycles. The molecule has 0 aromatic heterocycles. The molecule has 4 aliphatic carbocycles. The Kier molecular flexibility index (Phi) is 5.39. The Morgan fingerprint density at radius 1 is 1.10 bits per heavy atom. The van der Waals surface area contributed by atoms with E-state index in [0.29, 0.717) is 30.6 Å². The molecule has 5 heteroatoms. The number of aliphatic hydroxyl groups excluding tert-OH is 2. The molecule has 0 aromatic rings. The second-order valence-electron chi connectivity index (χ2n) is 11.2. The third-order valence-corrected chi connectivity index (χ3v) is 10.2. The Morgan fingerprint density at radius 3 is 2.52 bits per heavy atom. The predicted molar refractivity (Wildman–Crippen MR) is 109 cm³/mol. The first-order chi connectivity index (χ1) is 13.6.